The molecule has 0 saturated heterocycles. The molecule has 0 fully saturated rings. The molecule has 0 aliphatic carbocycles. The summed E-state index contributed by atoms with van der Waals surface area (Å²) in [6.07, 6.45) is 4.86. The summed E-state index contributed by atoms with van der Waals surface area (Å²) in [5.41, 5.74) is 1.55. The van der Waals surface area contributed by atoms with E-state index >= 15 is 0 Å². The van der Waals surface area contributed by atoms with Crippen molar-refractivity contribution in [2.24, 2.45) is 0 Å². The van der Waals surface area contributed by atoms with Crippen molar-refractivity contribution in [1.29, 1.82) is 0 Å². The quantitative estimate of drug-likeness (QED) is 0.683. The number of para-hydroxylation sites is 1. The fourth-order valence-electron chi connectivity index (χ4n) is 2.36. The second kappa shape index (κ2) is 10.1. The van der Waals surface area contributed by atoms with Crippen LogP contribution >= 0.6 is 0 Å². The molecule has 6 nitrogen and oxygen atoms in total. The lowest BCUT2D eigenvalue weighted by atomic mass is 10.1. The van der Waals surface area contributed by atoms with Gasteiger partial charge in [-0.15, -0.1) is 0 Å². The van der Waals surface area contributed by atoms with Crippen LogP contribution in [0, 0.1) is 0 Å². The van der Waals surface area contributed by atoms with E-state index in [0.717, 1.165) is 11.3 Å². The Morgan fingerprint density at radius 1 is 1.08 bits per heavy atom. The first-order valence-corrected chi connectivity index (χ1v) is 8.27. The Hall–Kier alpha value is -2.89. The highest BCUT2D eigenvalue weighted by Gasteiger charge is 2.06. The zero-order chi connectivity index (χ0) is 17.9. The lowest BCUT2D eigenvalue weighted by Gasteiger charge is -2.09. The average Bonchev–Trinajstić information content (AvgIpc) is 2.66. The van der Waals surface area contributed by atoms with Gasteiger partial charge in [0.1, 0.15) is 5.75 Å². The summed E-state index contributed by atoms with van der Waals surface area (Å²) in [7, 11) is 1.62. The van der Waals surface area contributed by atoms with E-state index < -0.39 is 0 Å². The van der Waals surface area contributed by atoms with Gasteiger partial charge in [0.05, 0.1) is 12.7 Å². The summed E-state index contributed by atoms with van der Waals surface area (Å²) < 4.78 is 5.27. The minimum absolute atomic E-state index is 0.00973. The molecule has 1 aromatic carbocycles. The summed E-state index contributed by atoms with van der Waals surface area (Å²) in [5.74, 6) is 0.633. The van der Waals surface area contributed by atoms with Crippen LogP contribution in [0.25, 0.3) is 0 Å². The second-order valence-electron chi connectivity index (χ2n) is 5.51. The predicted octanol–water partition coefficient (Wildman–Crippen LogP) is 1.96. The van der Waals surface area contributed by atoms with Crippen LogP contribution in [0.3, 0.4) is 0 Å². The number of nitrogens with zero attached hydrogens (tertiary/aromatic N) is 1. The Kier molecular flexibility index (Phi) is 7.43. The molecule has 0 aliphatic heterocycles. The summed E-state index contributed by atoms with van der Waals surface area (Å²) in [6.45, 7) is 1.03. The van der Waals surface area contributed by atoms with Gasteiger partial charge in [-0.3, -0.25) is 14.6 Å². The van der Waals surface area contributed by atoms with Crippen LogP contribution in [0.4, 0.5) is 0 Å². The average molecular weight is 341 g/mol. The molecule has 0 saturated carbocycles. The molecule has 0 radical (unpaired) electrons. The first kappa shape index (κ1) is 18.4. The van der Waals surface area contributed by atoms with Gasteiger partial charge in [0.25, 0.3) is 5.91 Å². The number of benzene rings is 1. The topological polar surface area (TPSA) is 80.3 Å². The minimum Gasteiger partial charge on any atom is -0.496 e. The lowest BCUT2D eigenvalue weighted by molar-refractivity contribution is -0.121. The number of nitrogens with one attached hydrogen (secondary N) is 2. The molecule has 0 spiro atoms. The zero-order valence-corrected chi connectivity index (χ0v) is 14.3. The third kappa shape index (κ3) is 6.25. The Morgan fingerprint density at radius 2 is 1.88 bits per heavy atom. The van der Waals surface area contributed by atoms with Crippen LogP contribution in [0.1, 0.15) is 28.8 Å². The number of rotatable bonds is 9. The fraction of sp³-hybridized carbons (Fsp3) is 0.316. The van der Waals surface area contributed by atoms with Gasteiger partial charge in [0.2, 0.25) is 5.91 Å². The maximum atomic E-state index is 11.9. The van der Waals surface area contributed by atoms with Gasteiger partial charge in [-0.05, 0) is 36.6 Å². The van der Waals surface area contributed by atoms with E-state index in [1.165, 1.54) is 6.20 Å². The van der Waals surface area contributed by atoms with Gasteiger partial charge in [0.15, 0.2) is 0 Å². The standard InChI is InChI=1S/C19H23N3O3/c1-25-17-8-3-2-6-15(17)9-10-18(23)21-12-5-13-22-19(24)16-7-4-11-20-14-16/h2-4,6-8,11,14H,5,9-10,12-13H2,1H3,(H,21,23)(H,22,24). The van der Waals surface area contributed by atoms with Gasteiger partial charge >= 0.3 is 0 Å². The molecule has 1 aromatic heterocycles. The van der Waals surface area contributed by atoms with E-state index in [0.29, 0.717) is 37.9 Å². The van der Waals surface area contributed by atoms with Crippen molar-refractivity contribution in [2.45, 2.75) is 19.3 Å². The van der Waals surface area contributed by atoms with Gasteiger partial charge < -0.3 is 15.4 Å². The number of hydrogen-bond acceptors (Lipinski definition) is 4. The van der Waals surface area contributed by atoms with E-state index in [1.807, 2.05) is 24.3 Å². The van der Waals surface area contributed by atoms with Crippen LogP contribution in [0.2, 0.25) is 0 Å². The Balaban J connectivity index is 1.60. The van der Waals surface area contributed by atoms with E-state index in [4.69, 9.17) is 4.74 Å². The Labute approximate surface area is 147 Å². The number of ether oxygens (including phenoxy) is 1. The summed E-state index contributed by atoms with van der Waals surface area (Å²) in [5, 5.41) is 5.66. The van der Waals surface area contributed by atoms with E-state index in [1.54, 1.807) is 25.4 Å². The third-order valence-corrected chi connectivity index (χ3v) is 3.70. The van der Waals surface area contributed by atoms with Crippen LogP contribution in [-0.4, -0.2) is 37.0 Å². The molecule has 2 amide bonds. The number of methoxy groups -OCH3 is 1. The number of hydrogen-bond donors (Lipinski definition) is 2. The van der Waals surface area contributed by atoms with Crippen LogP contribution in [0.5, 0.6) is 5.75 Å². The third-order valence-electron chi connectivity index (χ3n) is 3.70. The minimum atomic E-state index is -0.157. The molecular weight excluding hydrogens is 318 g/mol. The van der Waals surface area contributed by atoms with Crippen molar-refractivity contribution >= 4 is 11.8 Å². The van der Waals surface area contributed by atoms with Gasteiger partial charge in [0, 0.05) is 31.9 Å². The van der Waals surface area contributed by atoms with Crippen LogP contribution in [-0.2, 0) is 11.2 Å². The maximum Gasteiger partial charge on any atom is 0.252 e. The molecule has 2 rings (SSSR count). The fourth-order valence-corrected chi connectivity index (χ4v) is 2.36. The molecule has 25 heavy (non-hydrogen) atoms. The van der Waals surface area contributed by atoms with E-state index in [-0.39, 0.29) is 11.8 Å². The van der Waals surface area contributed by atoms with Gasteiger partial charge in [-0.25, -0.2) is 0 Å². The van der Waals surface area contributed by atoms with Crippen LogP contribution in [0.15, 0.2) is 48.8 Å². The molecule has 0 atom stereocenters. The number of pyridine rings is 1. The SMILES string of the molecule is COc1ccccc1CCC(=O)NCCCNC(=O)c1cccnc1. The monoisotopic (exact) mass is 341 g/mol. The molecule has 0 unspecified atom stereocenters. The summed E-state index contributed by atoms with van der Waals surface area (Å²) in [6, 6.07) is 11.1. The van der Waals surface area contributed by atoms with Crippen molar-refractivity contribution in [3.63, 3.8) is 0 Å². The first-order chi connectivity index (χ1) is 12.2. The van der Waals surface area contributed by atoms with Crippen molar-refractivity contribution in [1.82, 2.24) is 15.6 Å². The van der Waals surface area contributed by atoms with Crippen molar-refractivity contribution in [2.75, 3.05) is 20.2 Å². The predicted molar refractivity (Wildman–Crippen MR) is 95.5 cm³/mol. The molecule has 6 heteroatoms. The first-order valence-electron chi connectivity index (χ1n) is 8.27. The highest BCUT2D eigenvalue weighted by molar-refractivity contribution is 5.93. The molecule has 2 aromatic rings. The second-order valence-corrected chi connectivity index (χ2v) is 5.51. The Bertz CT molecular complexity index is 689. The summed E-state index contributed by atoms with van der Waals surface area (Å²) in [4.78, 5) is 27.6. The van der Waals surface area contributed by atoms with E-state index in [9.17, 15) is 9.59 Å². The van der Waals surface area contributed by atoms with Crippen molar-refractivity contribution < 1.29 is 14.3 Å². The Morgan fingerprint density at radius 3 is 2.64 bits per heavy atom. The number of aryl methyl sites for hydroxylation is 1. The number of carbonyl (C=O) groups is 2. The van der Waals surface area contributed by atoms with Gasteiger partial charge in [-0.1, -0.05) is 18.2 Å². The zero-order valence-electron chi connectivity index (χ0n) is 14.3. The number of amides is 2. The molecular formula is C19H23N3O3. The lowest BCUT2D eigenvalue weighted by Crippen LogP contribution is -2.30. The van der Waals surface area contributed by atoms with Gasteiger partial charge in [-0.2, -0.15) is 0 Å². The highest BCUT2D eigenvalue weighted by Crippen LogP contribution is 2.18. The normalized spacial score (nSPS) is 10.1. The maximum absolute atomic E-state index is 11.9. The molecule has 0 aliphatic rings. The molecule has 2 N–H and O–H groups in total. The largest absolute Gasteiger partial charge is 0.496 e. The summed E-state index contributed by atoms with van der Waals surface area (Å²) >= 11 is 0. The molecule has 0 bridgehead atoms. The smallest absolute Gasteiger partial charge is 0.252 e. The highest BCUT2D eigenvalue weighted by atomic mass is 16.5. The van der Waals surface area contributed by atoms with Crippen molar-refractivity contribution in [3.8, 4) is 5.75 Å². The number of carbonyl (C=O) groups excluding carboxylic acids is 2. The van der Waals surface area contributed by atoms with E-state index in [2.05, 4.69) is 15.6 Å². The molecule has 1 heterocycles. The van der Waals surface area contributed by atoms with Crippen LogP contribution < -0.4 is 15.4 Å². The number of aromatic nitrogens is 1. The van der Waals surface area contributed by atoms with Crippen molar-refractivity contribution in [3.05, 3.63) is 59.9 Å². The molecule has 132 valence electrons.